The Labute approximate surface area is 109 Å². The van der Waals surface area contributed by atoms with Crippen LogP contribution in [0.4, 0.5) is 0 Å². The Morgan fingerprint density at radius 3 is 2.61 bits per heavy atom. The second kappa shape index (κ2) is 6.53. The average molecular weight is 255 g/mol. The van der Waals surface area contributed by atoms with Crippen LogP contribution in [0.1, 0.15) is 44.9 Å². The SMILES string of the molecule is O=C(O)CC1CCN(CC(O)CC2CCCC2)C1. The minimum atomic E-state index is -0.701. The lowest BCUT2D eigenvalue weighted by Crippen LogP contribution is -2.32. The molecule has 1 heterocycles. The third kappa shape index (κ3) is 4.25. The van der Waals surface area contributed by atoms with Crippen LogP contribution >= 0.6 is 0 Å². The number of hydrogen-bond acceptors (Lipinski definition) is 3. The van der Waals surface area contributed by atoms with E-state index in [9.17, 15) is 9.90 Å². The zero-order valence-corrected chi connectivity index (χ0v) is 11.1. The summed E-state index contributed by atoms with van der Waals surface area (Å²) in [7, 11) is 0. The van der Waals surface area contributed by atoms with E-state index in [0.717, 1.165) is 38.4 Å². The van der Waals surface area contributed by atoms with Crippen LogP contribution in [0.25, 0.3) is 0 Å². The van der Waals surface area contributed by atoms with Crippen molar-refractivity contribution in [1.82, 2.24) is 4.90 Å². The van der Waals surface area contributed by atoms with E-state index in [1.165, 1.54) is 25.7 Å². The number of rotatable bonds is 6. The summed E-state index contributed by atoms with van der Waals surface area (Å²) in [6.07, 6.45) is 7.13. The van der Waals surface area contributed by atoms with Gasteiger partial charge in [-0.3, -0.25) is 4.79 Å². The Morgan fingerprint density at radius 1 is 1.22 bits per heavy atom. The van der Waals surface area contributed by atoms with Crippen molar-refractivity contribution in [3.63, 3.8) is 0 Å². The molecule has 2 aliphatic rings. The Bertz CT molecular complexity index is 276. The van der Waals surface area contributed by atoms with Crippen molar-refractivity contribution < 1.29 is 15.0 Å². The van der Waals surface area contributed by atoms with Gasteiger partial charge in [0.15, 0.2) is 0 Å². The first kappa shape index (κ1) is 13.8. The molecule has 0 bridgehead atoms. The lowest BCUT2D eigenvalue weighted by molar-refractivity contribution is -0.138. The lowest BCUT2D eigenvalue weighted by atomic mass is 10.00. The number of aliphatic hydroxyl groups excluding tert-OH is 1. The molecule has 1 aliphatic carbocycles. The van der Waals surface area contributed by atoms with E-state index in [4.69, 9.17) is 5.11 Å². The summed E-state index contributed by atoms with van der Waals surface area (Å²) in [4.78, 5) is 12.9. The molecule has 1 aliphatic heterocycles. The minimum absolute atomic E-state index is 0.225. The Morgan fingerprint density at radius 2 is 1.94 bits per heavy atom. The molecular weight excluding hydrogens is 230 g/mol. The van der Waals surface area contributed by atoms with Gasteiger partial charge in [0.1, 0.15) is 0 Å². The number of hydrogen-bond donors (Lipinski definition) is 2. The van der Waals surface area contributed by atoms with Gasteiger partial charge in [-0.15, -0.1) is 0 Å². The van der Waals surface area contributed by atoms with Gasteiger partial charge in [-0.05, 0) is 31.2 Å². The lowest BCUT2D eigenvalue weighted by Gasteiger charge is -2.22. The van der Waals surface area contributed by atoms with Crippen LogP contribution in [0.15, 0.2) is 0 Å². The number of aliphatic carboxylic acids is 1. The molecule has 1 saturated heterocycles. The first-order valence-electron chi connectivity index (χ1n) is 7.25. The number of likely N-dealkylation sites (tertiary alicyclic amines) is 1. The monoisotopic (exact) mass is 255 g/mol. The molecule has 4 heteroatoms. The molecule has 2 atom stereocenters. The van der Waals surface area contributed by atoms with Crippen molar-refractivity contribution in [2.24, 2.45) is 11.8 Å². The first-order valence-corrected chi connectivity index (χ1v) is 7.25. The molecule has 0 spiro atoms. The molecule has 104 valence electrons. The molecule has 0 aromatic rings. The van der Waals surface area contributed by atoms with E-state index >= 15 is 0 Å². The maximum absolute atomic E-state index is 10.6. The van der Waals surface area contributed by atoms with E-state index in [1.807, 2.05) is 0 Å². The third-order valence-electron chi connectivity index (χ3n) is 4.38. The fourth-order valence-corrected chi connectivity index (χ4v) is 3.50. The Balaban J connectivity index is 1.65. The minimum Gasteiger partial charge on any atom is -0.481 e. The standard InChI is InChI=1S/C14H25NO3/c16-13(7-11-3-1-2-4-11)10-15-6-5-12(9-15)8-14(17)18/h11-13,16H,1-10H2,(H,17,18). The number of carbonyl (C=O) groups is 1. The molecule has 18 heavy (non-hydrogen) atoms. The molecular formula is C14H25NO3. The Hall–Kier alpha value is -0.610. The van der Waals surface area contributed by atoms with E-state index in [0.29, 0.717) is 0 Å². The van der Waals surface area contributed by atoms with Crippen LogP contribution in [0.3, 0.4) is 0 Å². The van der Waals surface area contributed by atoms with Gasteiger partial charge in [-0.1, -0.05) is 25.7 Å². The maximum Gasteiger partial charge on any atom is 0.303 e. The third-order valence-corrected chi connectivity index (χ3v) is 4.38. The van der Waals surface area contributed by atoms with Gasteiger partial charge in [-0.2, -0.15) is 0 Å². The van der Waals surface area contributed by atoms with Gasteiger partial charge in [0, 0.05) is 19.5 Å². The van der Waals surface area contributed by atoms with Gasteiger partial charge in [0.25, 0.3) is 0 Å². The van der Waals surface area contributed by atoms with E-state index in [1.54, 1.807) is 0 Å². The summed E-state index contributed by atoms with van der Waals surface area (Å²) < 4.78 is 0. The predicted octanol–water partition coefficient (Wildman–Crippen LogP) is 1.72. The molecule has 2 unspecified atom stereocenters. The molecule has 1 saturated carbocycles. The Kier molecular flexibility index (Phi) is 5.01. The van der Waals surface area contributed by atoms with Crippen molar-refractivity contribution >= 4 is 5.97 Å². The highest BCUT2D eigenvalue weighted by Gasteiger charge is 2.27. The molecule has 2 rings (SSSR count). The van der Waals surface area contributed by atoms with Crippen LogP contribution in [0.5, 0.6) is 0 Å². The smallest absolute Gasteiger partial charge is 0.303 e. The summed E-state index contributed by atoms with van der Waals surface area (Å²) in [5, 5.41) is 18.8. The molecule has 0 aromatic carbocycles. The number of β-amino-alcohol motifs (C(OH)–C–C–N with tert-alkyl or cyclic N) is 1. The van der Waals surface area contributed by atoms with Crippen molar-refractivity contribution in [1.29, 1.82) is 0 Å². The summed E-state index contributed by atoms with van der Waals surface area (Å²) in [5.41, 5.74) is 0. The number of carboxylic acid groups (broad SMARTS) is 1. The van der Waals surface area contributed by atoms with Crippen LogP contribution in [0.2, 0.25) is 0 Å². The summed E-state index contributed by atoms with van der Waals surface area (Å²) in [6, 6.07) is 0. The highest BCUT2D eigenvalue weighted by atomic mass is 16.4. The van der Waals surface area contributed by atoms with Crippen LogP contribution in [-0.2, 0) is 4.79 Å². The van der Waals surface area contributed by atoms with Crippen molar-refractivity contribution in [2.45, 2.75) is 51.0 Å². The predicted molar refractivity (Wildman–Crippen MR) is 69.4 cm³/mol. The van der Waals surface area contributed by atoms with Gasteiger partial charge in [0.2, 0.25) is 0 Å². The van der Waals surface area contributed by atoms with Crippen LogP contribution in [0, 0.1) is 11.8 Å². The zero-order chi connectivity index (χ0) is 13.0. The number of aliphatic hydroxyl groups is 1. The van der Waals surface area contributed by atoms with Gasteiger partial charge in [0.05, 0.1) is 6.10 Å². The molecule has 0 radical (unpaired) electrons. The van der Waals surface area contributed by atoms with Crippen LogP contribution in [-0.4, -0.2) is 46.8 Å². The van der Waals surface area contributed by atoms with Gasteiger partial charge in [-0.25, -0.2) is 0 Å². The van der Waals surface area contributed by atoms with Crippen LogP contribution < -0.4 is 0 Å². The summed E-state index contributed by atoms with van der Waals surface area (Å²) in [5.74, 6) is 0.298. The van der Waals surface area contributed by atoms with Crippen molar-refractivity contribution in [3.8, 4) is 0 Å². The number of carboxylic acids is 1. The molecule has 2 fully saturated rings. The fourth-order valence-electron chi connectivity index (χ4n) is 3.50. The maximum atomic E-state index is 10.6. The van der Waals surface area contributed by atoms with E-state index in [2.05, 4.69) is 4.90 Å². The van der Waals surface area contributed by atoms with Gasteiger partial charge >= 0.3 is 5.97 Å². The van der Waals surface area contributed by atoms with E-state index in [-0.39, 0.29) is 18.4 Å². The quantitative estimate of drug-likeness (QED) is 0.758. The number of nitrogens with zero attached hydrogens (tertiary/aromatic N) is 1. The first-order chi connectivity index (χ1) is 8.63. The summed E-state index contributed by atoms with van der Waals surface area (Å²) in [6.45, 7) is 2.51. The topological polar surface area (TPSA) is 60.8 Å². The van der Waals surface area contributed by atoms with Gasteiger partial charge < -0.3 is 15.1 Å². The highest BCUT2D eigenvalue weighted by molar-refractivity contribution is 5.67. The average Bonchev–Trinajstić information content (AvgIpc) is 2.89. The molecule has 2 N–H and O–H groups in total. The zero-order valence-electron chi connectivity index (χ0n) is 11.1. The largest absolute Gasteiger partial charge is 0.481 e. The van der Waals surface area contributed by atoms with Crippen molar-refractivity contribution in [2.75, 3.05) is 19.6 Å². The highest BCUT2D eigenvalue weighted by Crippen LogP contribution is 2.29. The second-order valence-corrected chi connectivity index (χ2v) is 6.05. The normalized spacial score (nSPS) is 27.7. The fraction of sp³-hybridized carbons (Fsp3) is 0.929. The molecule has 0 amide bonds. The second-order valence-electron chi connectivity index (χ2n) is 6.05. The van der Waals surface area contributed by atoms with Crippen molar-refractivity contribution in [3.05, 3.63) is 0 Å². The summed E-state index contributed by atoms with van der Waals surface area (Å²) >= 11 is 0. The molecule has 4 nitrogen and oxygen atoms in total. The van der Waals surface area contributed by atoms with E-state index < -0.39 is 5.97 Å². The molecule has 0 aromatic heterocycles.